The zero-order valence-corrected chi connectivity index (χ0v) is 30.6. The van der Waals surface area contributed by atoms with E-state index < -0.39 is 23.8 Å². The van der Waals surface area contributed by atoms with E-state index in [1.54, 1.807) is 0 Å². The van der Waals surface area contributed by atoms with Gasteiger partial charge in [0.25, 0.3) is 0 Å². The maximum atomic E-state index is 15.7. The van der Waals surface area contributed by atoms with Gasteiger partial charge in [-0.25, -0.2) is 0 Å². The molecule has 0 bridgehead atoms. The molecular weight excluding hydrogens is 544 g/mol. The smallest absolute Gasteiger partial charge is 0.192 e. The third-order valence-electron chi connectivity index (χ3n) is 9.44. The average molecular weight is 603 g/mol. The fourth-order valence-electron chi connectivity index (χ4n) is 4.87. The molecule has 0 saturated heterocycles. The van der Waals surface area contributed by atoms with Crippen molar-refractivity contribution in [1.82, 2.24) is 0 Å². The van der Waals surface area contributed by atoms with E-state index in [4.69, 9.17) is 8.85 Å². The van der Waals surface area contributed by atoms with Crippen molar-refractivity contribution >= 4 is 34.4 Å². The lowest BCUT2D eigenvalue weighted by atomic mass is 10.0. The Hall–Kier alpha value is -0.976. The van der Waals surface area contributed by atoms with E-state index >= 15 is 4.57 Å². The van der Waals surface area contributed by atoms with Crippen molar-refractivity contribution in [2.45, 2.75) is 142 Å². The van der Waals surface area contributed by atoms with Gasteiger partial charge >= 0.3 is 0 Å². The summed E-state index contributed by atoms with van der Waals surface area (Å²) in [6.45, 7) is 27.6. The molecule has 6 heteroatoms. The van der Waals surface area contributed by atoms with Crippen molar-refractivity contribution in [2.75, 3.05) is 0 Å². The normalized spacial score (nSPS) is 16.0. The molecule has 2 aromatic rings. The predicted molar refractivity (Wildman–Crippen MR) is 182 cm³/mol. The van der Waals surface area contributed by atoms with Gasteiger partial charge in [-0.2, -0.15) is 0 Å². The number of hydrogen-bond acceptors (Lipinski definition) is 3. The molecule has 0 aliphatic rings. The molecule has 2 rings (SSSR count). The topological polar surface area (TPSA) is 35.5 Å². The van der Waals surface area contributed by atoms with Crippen molar-refractivity contribution in [3.63, 3.8) is 0 Å². The highest BCUT2D eigenvalue weighted by molar-refractivity contribution is 7.79. The maximum absolute atomic E-state index is 15.7. The minimum atomic E-state index is -3.02. The molecule has 1 unspecified atom stereocenters. The molecule has 3 nitrogen and oxygen atoms in total. The zero-order chi connectivity index (χ0) is 30.4. The van der Waals surface area contributed by atoms with Crippen molar-refractivity contribution in [1.29, 1.82) is 0 Å². The van der Waals surface area contributed by atoms with Crippen molar-refractivity contribution in [3.8, 4) is 0 Å². The highest BCUT2D eigenvalue weighted by Crippen LogP contribution is 2.54. The van der Waals surface area contributed by atoms with Crippen molar-refractivity contribution in [2.24, 2.45) is 0 Å². The molecule has 0 spiro atoms. The van der Waals surface area contributed by atoms with Crippen LogP contribution in [0.25, 0.3) is 0 Å². The Bertz CT molecular complexity index is 1030. The van der Waals surface area contributed by atoms with E-state index in [2.05, 4.69) is 106 Å². The molecule has 0 saturated carbocycles. The number of rotatable bonds is 14. The first kappa shape index (κ1) is 35.2. The van der Waals surface area contributed by atoms with E-state index in [-0.39, 0.29) is 27.9 Å². The second kappa shape index (κ2) is 14.0. The second-order valence-electron chi connectivity index (χ2n) is 14.7. The van der Waals surface area contributed by atoms with Crippen LogP contribution in [0.3, 0.4) is 0 Å². The molecular formula is C34H59O3PSi2. The van der Waals surface area contributed by atoms with Gasteiger partial charge < -0.3 is 13.4 Å². The Balaban J connectivity index is 2.62. The summed E-state index contributed by atoms with van der Waals surface area (Å²) in [4.78, 5) is 0. The van der Waals surface area contributed by atoms with Gasteiger partial charge in [0.15, 0.2) is 16.6 Å². The molecule has 0 N–H and O–H groups in total. The molecule has 0 amide bonds. The fourth-order valence-corrected chi connectivity index (χ4v) is 11.4. The molecule has 0 aliphatic carbocycles. The molecule has 0 fully saturated rings. The van der Waals surface area contributed by atoms with Crippen LogP contribution in [0.1, 0.15) is 87.5 Å². The molecule has 0 heterocycles. The van der Waals surface area contributed by atoms with E-state index in [0.717, 1.165) is 42.7 Å². The first-order chi connectivity index (χ1) is 18.4. The summed E-state index contributed by atoms with van der Waals surface area (Å²) >= 11 is 0. The van der Waals surface area contributed by atoms with Gasteiger partial charge in [-0.15, -0.1) is 0 Å². The van der Waals surface area contributed by atoms with E-state index in [1.807, 2.05) is 36.4 Å². The van der Waals surface area contributed by atoms with Crippen LogP contribution in [0.4, 0.5) is 0 Å². The van der Waals surface area contributed by atoms with Crippen LogP contribution in [0, 0.1) is 0 Å². The molecule has 40 heavy (non-hydrogen) atoms. The summed E-state index contributed by atoms with van der Waals surface area (Å²) in [7, 11) is -7.07. The molecule has 226 valence electrons. The van der Waals surface area contributed by atoms with Crippen molar-refractivity contribution in [3.05, 3.63) is 60.7 Å². The van der Waals surface area contributed by atoms with Gasteiger partial charge in [0.1, 0.15) is 7.14 Å². The lowest BCUT2D eigenvalue weighted by molar-refractivity contribution is 0.125. The molecule has 0 aromatic heterocycles. The highest BCUT2D eigenvalue weighted by Gasteiger charge is 2.46. The summed E-state index contributed by atoms with van der Waals surface area (Å²) < 4.78 is 29.8. The van der Waals surface area contributed by atoms with Gasteiger partial charge in [-0.3, -0.25) is 0 Å². The Morgan fingerprint density at radius 1 is 0.700 bits per heavy atom. The van der Waals surface area contributed by atoms with Crippen LogP contribution in [-0.4, -0.2) is 34.5 Å². The Labute approximate surface area is 249 Å². The van der Waals surface area contributed by atoms with Crippen LogP contribution in [0.2, 0.25) is 36.3 Å². The average Bonchev–Trinajstić information content (AvgIpc) is 2.86. The summed E-state index contributed by atoms with van der Waals surface area (Å²) in [6.07, 6.45) is 4.75. The van der Waals surface area contributed by atoms with E-state index in [1.165, 1.54) is 0 Å². The third kappa shape index (κ3) is 8.77. The maximum Gasteiger partial charge on any atom is 0.192 e. The Morgan fingerprint density at radius 2 is 1.12 bits per heavy atom. The number of unbranched alkanes of at least 4 members (excludes halogenated alkanes) is 1. The minimum absolute atomic E-state index is 0.0628. The Morgan fingerprint density at radius 3 is 1.52 bits per heavy atom. The fraction of sp³-hybridized carbons (Fsp3) is 0.647. The van der Waals surface area contributed by atoms with Crippen LogP contribution < -0.4 is 10.6 Å². The Kier molecular flexibility index (Phi) is 12.3. The van der Waals surface area contributed by atoms with E-state index in [9.17, 15) is 0 Å². The second-order valence-corrected chi connectivity index (χ2v) is 27.2. The minimum Gasteiger partial charge on any atom is -0.414 e. The molecule has 0 aliphatic heterocycles. The highest BCUT2D eigenvalue weighted by atomic mass is 31.2. The monoisotopic (exact) mass is 602 g/mol. The van der Waals surface area contributed by atoms with Gasteiger partial charge in [-0.1, -0.05) is 122 Å². The largest absolute Gasteiger partial charge is 0.414 e. The van der Waals surface area contributed by atoms with Crippen LogP contribution in [0.5, 0.6) is 0 Å². The van der Waals surface area contributed by atoms with Crippen LogP contribution >= 0.6 is 7.14 Å². The summed E-state index contributed by atoms with van der Waals surface area (Å²) in [6, 6.07) is 20.4. The number of benzene rings is 2. The van der Waals surface area contributed by atoms with E-state index in [0.29, 0.717) is 0 Å². The van der Waals surface area contributed by atoms with Crippen molar-refractivity contribution < 1.29 is 13.4 Å². The molecule has 0 radical (unpaired) electrons. The van der Waals surface area contributed by atoms with Gasteiger partial charge in [0, 0.05) is 22.4 Å². The van der Waals surface area contributed by atoms with Gasteiger partial charge in [0.05, 0.1) is 6.10 Å². The summed E-state index contributed by atoms with van der Waals surface area (Å²) in [5.74, 6) is 0. The standard InChI is InChI=1S/C34H59O3PSi2/c1-13-14-25-32(38(35,29-21-17-15-18-22-29)30-23-19-16-20-24-30)31(37-40(11,12)34(6,7)8)27-26-28(2)36-39(9,10)33(3,4)5/h15-24,28,31-32H,13-14,25-27H2,1-12H3/t28?,31-,32+/m1/s1. The SMILES string of the molecule is CCCC[C@@H]([C@@H](CCC(C)O[Si](C)(C)C(C)(C)C)O[Si](C)(C)C(C)(C)C)P(=O)(c1ccccc1)c1ccccc1. The van der Waals surface area contributed by atoms with Crippen LogP contribution in [-0.2, 0) is 13.4 Å². The van der Waals surface area contributed by atoms with Gasteiger partial charge in [-0.05, 0) is 62.5 Å². The lowest BCUT2D eigenvalue weighted by Gasteiger charge is -2.44. The lowest BCUT2D eigenvalue weighted by Crippen LogP contribution is -2.49. The third-order valence-corrected chi connectivity index (χ3v) is 22.2. The predicted octanol–water partition coefficient (Wildman–Crippen LogP) is 10.1. The number of hydrogen-bond donors (Lipinski definition) is 0. The van der Waals surface area contributed by atoms with Crippen LogP contribution in [0.15, 0.2) is 60.7 Å². The molecule has 2 aromatic carbocycles. The zero-order valence-electron chi connectivity index (χ0n) is 27.7. The van der Waals surface area contributed by atoms with Gasteiger partial charge in [0.2, 0.25) is 0 Å². The first-order valence-corrected chi connectivity index (χ1v) is 23.0. The first-order valence-electron chi connectivity index (χ1n) is 15.4. The molecule has 3 atom stereocenters. The quantitative estimate of drug-likeness (QED) is 0.159. The summed E-state index contributed by atoms with van der Waals surface area (Å²) in [5.41, 5.74) is -0.0913. The summed E-state index contributed by atoms with van der Waals surface area (Å²) in [5, 5.41) is 2.11.